The molecule has 3 rings (SSSR count). The number of ether oxygens (including phenoxy) is 2. The summed E-state index contributed by atoms with van der Waals surface area (Å²) in [5.41, 5.74) is 3.43. The molecule has 3 aromatic rings. The molecule has 0 aliphatic carbocycles. The second-order valence-electron chi connectivity index (χ2n) is 5.86. The SMILES string of the molecule is COc1cc(/C=C(/C#N)c2ccccc2)ccc1OCc1ccc(Br)cc1. The number of nitriles is 1. The van der Waals surface area contributed by atoms with Crippen molar-refractivity contribution in [2.75, 3.05) is 7.11 Å². The van der Waals surface area contributed by atoms with Gasteiger partial charge in [0.15, 0.2) is 11.5 Å². The third-order valence-electron chi connectivity index (χ3n) is 4.01. The van der Waals surface area contributed by atoms with Crippen LogP contribution in [0.3, 0.4) is 0 Å². The predicted molar refractivity (Wildman–Crippen MR) is 111 cm³/mol. The fourth-order valence-corrected chi connectivity index (χ4v) is 2.86. The minimum atomic E-state index is 0.451. The molecule has 3 aromatic carbocycles. The van der Waals surface area contributed by atoms with E-state index in [-0.39, 0.29) is 0 Å². The summed E-state index contributed by atoms with van der Waals surface area (Å²) in [5.74, 6) is 1.29. The van der Waals surface area contributed by atoms with E-state index >= 15 is 0 Å². The number of rotatable bonds is 6. The normalized spacial score (nSPS) is 10.9. The number of nitrogens with zero attached hydrogens (tertiary/aromatic N) is 1. The molecule has 0 fully saturated rings. The lowest BCUT2D eigenvalue weighted by atomic mass is 10.0. The molecular weight excluding hydrogens is 402 g/mol. The van der Waals surface area contributed by atoms with Crippen LogP contribution < -0.4 is 9.47 Å². The Balaban J connectivity index is 1.80. The fraction of sp³-hybridized carbons (Fsp3) is 0.0870. The van der Waals surface area contributed by atoms with Gasteiger partial charge in [0.2, 0.25) is 0 Å². The van der Waals surface area contributed by atoms with E-state index in [0.29, 0.717) is 23.7 Å². The van der Waals surface area contributed by atoms with Crippen molar-refractivity contribution in [2.24, 2.45) is 0 Å². The molecule has 0 amide bonds. The minimum absolute atomic E-state index is 0.451. The molecule has 0 aliphatic heterocycles. The first-order valence-electron chi connectivity index (χ1n) is 8.42. The van der Waals surface area contributed by atoms with Gasteiger partial charge < -0.3 is 9.47 Å². The van der Waals surface area contributed by atoms with Gasteiger partial charge in [-0.1, -0.05) is 64.5 Å². The lowest BCUT2D eigenvalue weighted by Gasteiger charge is -2.12. The standard InChI is InChI=1S/C23H18BrNO2/c1-26-23-14-18(13-20(15-25)19-5-3-2-4-6-19)9-12-22(23)27-16-17-7-10-21(24)11-8-17/h2-14H,16H2,1H3/b20-13-. The van der Waals surface area contributed by atoms with Crippen LogP contribution in [0.2, 0.25) is 0 Å². The number of allylic oxidation sites excluding steroid dienone is 1. The van der Waals surface area contributed by atoms with Crippen molar-refractivity contribution in [2.45, 2.75) is 6.61 Å². The van der Waals surface area contributed by atoms with Gasteiger partial charge in [0.05, 0.1) is 18.8 Å². The third kappa shape index (κ3) is 4.99. The summed E-state index contributed by atoms with van der Waals surface area (Å²) >= 11 is 3.43. The maximum atomic E-state index is 9.47. The molecule has 0 heterocycles. The fourth-order valence-electron chi connectivity index (χ4n) is 2.60. The van der Waals surface area contributed by atoms with Crippen LogP contribution in [0.4, 0.5) is 0 Å². The van der Waals surface area contributed by atoms with Gasteiger partial charge in [-0.15, -0.1) is 0 Å². The molecule has 134 valence electrons. The van der Waals surface area contributed by atoms with Gasteiger partial charge in [-0.05, 0) is 47.0 Å². The Kier molecular flexibility index (Phi) is 6.30. The van der Waals surface area contributed by atoms with Gasteiger partial charge in [0, 0.05) is 4.47 Å². The smallest absolute Gasteiger partial charge is 0.161 e. The average molecular weight is 420 g/mol. The molecule has 0 unspecified atom stereocenters. The van der Waals surface area contributed by atoms with Crippen LogP contribution >= 0.6 is 15.9 Å². The van der Waals surface area contributed by atoms with Gasteiger partial charge in [-0.3, -0.25) is 0 Å². The van der Waals surface area contributed by atoms with Crippen LogP contribution in [0.25, 0.3) is 11.6 Å². The Hall–Kier alpha value is -3.03. The van der Waals surface area contributed by atoms with Gasteiger partial charge in [-0.25, -0.2) is 0 Å². The summed E-state index contributed by atoms with van der Waals surface area (Å²) in [6.07, 6.45) is 1.84. The van der Waals surface area contributed by atoms with Crippen LogP contribution in [-0.4, -0.2) is 7.11 Å². The first kappa shape index (κ1) is 18.8. The molecule has 0 spiro atoms. The third-order valence-corrected chi connectivity index (χ3v) is 4.54. The summed E-state index contributed by atoms with van der Waals surface area (Å²) in [4.78, 5) is 0. The largest absolute Gasteiger partial charge is 0.493 e. The van der Waals surface area contributed by atoms with Crippen molar-refractivity contribution in [3.8, 4) is 17.6 Å². The van der Waals surface area contributed by atoms with Crippen molar-refractivity contribution >= 4 is 27.6 Å². The summed E-state index contributed by atoms with van der Waals surface area (Å²) in [5, 5.41) is 9.47. The molecule has 0 aliphatic rings. The van der Waals surface area contributed by atoms with Gasteiger partial charge in [-0.2, -0.15) is 5.26 Å². The first-order valence-corrected chi connectivity index (χ1v) is 9.21. The molecule has 0 aromatic heterocycles. The summed E-state index contributed by atoms with van der Waals surface area (Å²) < 4.78 is 12.4. The van der Waals surface area contributed by atoms with E-state index in [1.807, 2.05) is 78.9 Å². The Labute approximate surface area is 167 Å². The number of halogens is 1. The monoisotopic (exact) mass is 419 g/mol. The Morgan fingerprint density at radius 1 is 1.00 bits per heavy atom. The zero-order chi connectivity index (χ0) is 19.1. The molecule has 0 atom stereocenters. The molecule has 0 saturated carbocycles. The van der Waals surface area contributed by atoms with Crippen molar-refractivity contribution in [3.05, 3.63) is 94.0 Å². The molecule has 27 heavy (non-hydrogen) atoms. The molecule has 4 heteroatoms. The van der Waals surface area contributed by atoms with Crippen LogP contribution in [0.1, 0.15) is 16.7 Å². The van der Waals surface area contributed by atoms with E-state index in [0.717, 1.165) is 21.2 Å². The van der Waals surface area contributed by atoms with E-state index in [4.69, 9.17) is 9.47 Å². The summed E-state index contributed by atoms with van der Waals surface area (Å²) in [7, 11) is 1.61. The minimum Gasteiger partial charge on any atom is -0.493 e. The highest BCUT2D eigenvalue weighted by molar-refractivity contribution is 9.10. The van der Waals surface area contributed by atoms with Crippen LogP contribution in [0.5, 0.6) is 11.5 Å². The highest BCUT2D eigenvalue weighted by Gasteiger charge is 2.07. The zero-order valence-electron chi connectivity index (χ0n) is 14.9. The quantitative estimate of drug-likeness (QED) is 0.357. The molecule has 0 radical (unpaired) electrons. The Morgan fingerprint density at radius 3 is 2.41 bits per heavy atom. The average Bonchev–Trinajstić information content (AvgIpc) is 2.72. The lowest BCUT2D eigenvalue weighted by Crippen LogP contribution is -1.98. The van der Waals surface area contributed by atoms with Crippen molar-refractivity contribution < 1.29 is 9.47 Å². The van der Waals surface area contributed by atoms with Crippen LogP contribution in [0.15, 0.2) is 77.3 Å². The summed E-state index contributed by atoms with van der Waals surface area (Å²) in [6, 6.07) is 25.5. The topological polar surface area (TPSA) is 42.2 Å². The maximum Gasteiger partial charge on any atom is 0.161 e. The molecule has 0 N–H and O–H groups in total. The second-order valence-corrected chi connectivity index (χ2v) is 6.78. The molecular formula is C23H18BrNO2. The van der Waals surface area contributed by atoms with Crippen molar-refractivity contribution in [1.29, 1.82) is 5.26 Å². The van der Waals surface area contributed by atoms with E-state index in [9.17, 15) is 5.26 Å². The highest BCUT2D eigenvalue weighted by atomic mass is 79.9. The predicted octanol–water partition coefficient (Wildman–Crippen LogP) is 6.10. The van der Waals surface area contributed by atoms with Crippen LogP contribution in [-0.2, 0) is 6.61 Å². The van der Waals surface area contributed by atoms with Crippen molar-refractivity contribution in [3.63, 3.8) is 0 Å². The van der Waals surface area contributed by atoms with Crippen molar-refractivity contribution in [1.82, 2.24) is 0 Å². The van der Waals surface area contributed by atoms with Gasteiger partial charge >= 0.3 is 0 Å². The maximum absolute atomic E-state index is 9.47. The number of methoxy groups -OCH3 is 1. The highest BCUT2D eigenvalue weighted by Crippen LogP contribution is 2.30. The number of hydrogen-bond acceptors (Lipinski definition) is 3. The Bertz CT molecular complexity index is 974. The van der Waals surface area contributed by atoms with E-state index in [1.54, 1.807) is 7.11 Å². The lowest BCUT2D eigenvalue weighted by molar-refractivity contribution is 0.284. The zero-order valence-corrected chi connectivity index (χ0v) is 16.4. The van der Waals surface area contributed by atoms with Gasteiger partial charge in [0.1, 0.15) is 6.61 Å². The first-order chi connectivity index (χ1) is 13.2. The van der Waals surface area contributed by atoms with Gasteiger partial charge in [0.25, 0.3) is 0 Å². The summed E-state index contributed by atoms with van der Waals surface area (Å²) in [6.45, 7) is 0.451. The van der Waals surface area contributed by atoms with Crippen LogP contribution in [0, 0.1) is 11.3 Å². The molecule has 3 nitrogen and oxygen atoms in total. The van der Waals surface area contributed by atoms with E-state index in [1.165, 1.54) is 0 Å². The Morgan fingerprint density at radius 2 is 1.74 bits per heavy atom. The molecule has 0 saturated heterocycles. The number of benzene rings is 3. The van der Waals surface area contributed by atoms with E-state index < -0.39 is 0 Å². The second kappa shape index (κ2) is 9.07. The number of hydrogen-bond donors (Lipinski definition) is 0. The van der Waals surface area contributed by atoms with E-state index in [2.05, 4.69) is 22.0 Å². The molecule has 0 bridgehead atoms.